The fourth-order valence-corrected chi connectivity index (χ4v) is 4.72. The molecule has 208 valence electrons. The zero-order valence-electron chi connectivity index (χ0n) is 23.6. The van der Waals surface area contributed by atoms with Gasteiger partial charge in [0, 0.05) is 37.9 Å². The van der Waals surface area contributed by atoms with E-state index in [1.165, 1.54) is 7.11 Å². The molecule has 0 fully saturated rings. The van der Waals surface area contributed by atoms with Crippen molar-refractivity contribution in [1.29, 1.82) is 0 Å². The van der Waals surface area contributed by atoms with Gasteiger partial charge < -0.3 is 14.6 Å². The zero-order chi connectivity index (χ0) is 29.0. The second-order valence-corrected chi connectivity index (χ2v) is 13.5. The van der Waals surface area contributed by atoms with Crippen molar-refractivity contribution >= 4 is 34.1 Å². The smallest absolute Gasteiger partial charge is 0.307 e. The number of carbonyl (C=O) groups excluding carboxylic acids is 1. The van der Waals surface area contributed by atoms with Crippen molar-refractivity contribution in [2.45, 2.75) is 58.5 Å². The molecule has 0 heterocycles. The monoisotopic (exact) mass is 551 g/mol. The van der Waals surface area contributed by atoms with Crippen LogP contribution in [0.2, 0.25) is 0 Å². The molecule has 1 N–H and O–H groups in total. The predicted octanol–water partition coefficient (Wildman–Crippen LogP) is 6.87. The van der Waals surface area contributed by atoms with E-state index in [-0.39, 0.29) is 18.1 Å². The molecule has 39 heavy (non-hydrogen) atoms. The van der Waals surface area contributed by atoms with Crippen LogP contribution in [0.3, 0.4) is 0 Å². The van der Waals surface area contributed by atoms with Crippen molar-refractivity contribution in [3.8, 4) is 17.2 Å². The van der Waals surface area contributed by atoms with E-state index in [4.69, 9.17) is 9.47 Å². The number of benzene rings is 3. The van der Waals surface area contributed by atoms with Crippen molar-refractivity contribution in [2.24, 2.45) is 5.41 Å². The lowest BCUT2D eigenvalue weighted by Gasteiger charge is -2.30. The third kappa shape index (κ3) is 7.69. The fraction of sp³-hybridized carbons (Fsp3) is 0.355. The minimum Gasteiger partial charge on any atom is -0.493 e. The molecule has 1 unspecified atom stereocenters. The van der Waals surface area contributed by atoms with Gasteiger partial charge in [-0.15, -0.1) is 0 Å². The predicted molar refractivity (Wildman–Crippen MR) is 155 cm³/mol. The Hall–Kier alpha value is -3.65. The molecule has 7 nitrogen and oxygen atoms in total. The minimum atomic E-state index is -1.26. The zero-order valence-corrected chi connectivity index (χ0v) is 24.4. The van der Waals surface area contributed by atoms with Crippen LogP contribution in [0.4, 0.5) is 11.4 Å². The van der Waals surface area contributed by atoms with Crippen molar-refractivity contribution in [3.63, 3.8) is 0 Å². The standard InChI is InChI=1S/C31H37NO6S/c1-30(2,3)29(35)32(23-11-9-8-10-12-23)24-14-16-25(22(19-24)20-39(36)31(4,5)6)38-27-17-21(18-28(33)34)13-15-26(27)37-7/h8-17,19H,18,20H2,1-7H3,(H,33,34). The molecule has 0 aliphatic carbocycles. The summed E-state index contributed by atoms with van der Waals surface area (Å²) in [4.78, 5) is 26.5. The molecule has 3 rings (SSSR count). The van der Waals surface area contributed by atoms with Gasteiger partial charge in [0.1, 0.15) is 5.75 Å². The van der Waals surface area contributed by atoms with E-state index < -0.39 is 26.9 Å². The van der Waals surface area contributed by atoms with E-state index in [2.05, 4.69) is 0 Å². The van der Waals surface area contributed by atoms with Crippen molar-refractivity contribution in [2.75, 3.05) is 12.0 Å². The van der Waals surface area contributed by atoms with Gasteiger partial charge in [0.25, 0.3) is 0 Å². The summed E-state index contributed by atoms with van der Waals surface area (Å²) in [6, 6.07) is 19.7. The van der Waals surface area contributed by atoms with Crippen LogP contribution in [0, 0.1) is 5.41 Å². The van der Waals surface area contributed by atoms with Crippen LogP contribution >= 0.6 is 0 Å². The fourth-order valence-electron chi connectivity index (χ4n) is 3.78. The van der Waals surface area contributed by atoms with Crippen LogP contribution in [0.1, 0.15) is 52.7 Å². The Bertz CT molecular complexity index is 1360. The van der Waals surface area contributed by atoms with Crippen LogP contribution < -0.4 is 14.4 Å². The third-order valence-electron chi connectivity index (χ3n) is 5.93. The second kappa shape index (κ2) is 12.0. The number of para-hydroxylation sites is 1. The Balaban J connectivity index is 2.15. The molecule has 0 saturated heterocycles. The van der Waals surface area contributed by atoms with Gasteiger partial charge in [-0.05, 0) is 68.8 Å². The van der Waals surface area contributed by atoms with E-state index in [1.54, 1.807) is 35.2 Å². The second-order valence-electron chi connectivity index (χ2n) is 11.3. The van der Waals surface area contributed by atoms with Crippen LogP contribution in [-0.2, 0) is 32.6 Å². The lowest BCUT2D eigenvalue weighted by atomic mass is 9.94. The van der Waals surface area contributed by atoms with Gasteiger partial charge in [-0.25, -0.2) is 0 Å². The number of hydrogen-bond acceptors (Lipinski definition) is 5. The number of methoxy groups -OCH3 is 1. The lowest BCUT2D eigenvalue weighted by molar-refractivity contribution is -0.136. The number of amides is 1. The SMILES string of the molecule is COc1ccc(CC(=O)O)cc1Oc1ccc(N(C(=O)C(C)(C)C)c2ccccc2)cc1CS(=O)C(C)(C)C. The first-order valence-corrected chi connectivity index (χ1v) is 14.0. The van der Waals surface area contributed by atoms with E-state index >= 15 is 0 Å². The lowest BCUT2D eigenvalue weighted by Crippen LogP contribution is -2.36. The average Bonchev–Trinajstić information content (AvgIpc) is 2.85. The molecule has 0 saturated carbocycles. The van der Waals surface area contributed by atoms with Crippen molar-refractivity contribution < 1.29 is 28.4 Å². The molecular formula is C31H37NO6S. The van der Waals surface area contributed by atoms with E-state index in [9.17, 15) is 18.9 Å². The molecule has 1 atom stereocenters. The molecule has 0 aliphatic rings. The highest BCUT2D eigenvalue weighted by molar-refractivity contribution is 7.85. The molecule has 0 spiro atoms. The molecule has 1 amide bonds. The molecule has 3 aromatic carbocycles. The Labute approximate surface area is 233 Å². The highest BCUT2D eigenvalue weighted by atomic mass is 32.2. The molecule has 3 aromatic rings. The maximum absolute atomic E-state index is 13.6. The van der Waals surface area contributed by atoms with Crippen LogP contribution in [0.25, 0.3) is 0 Å². The maximum Gasteiger partial charge on any atom is 0.307 e. The van der Waals surface area contributed by atoms with Gasteiger partial charge in [-0.2, -0.15) is 0 Å². The highest BCUT2D eigenvalue weighted by Crippen LogP contribution is 2.39. The first kappa shape index (κ1) is 29.9. The third-order valence-corrected chi connectivity index (χ3v) is 7.87. The molecule has 0 radical (unpaired) electrons. The molecule has 0 aromatic heterocycles. The molecular weight excluding hydrogens is 514 g/mol. The summed E-state index contributed by atoms with van der Waals surface area (Å²) >= 11 is 0. The minimum absolute atomic E-state index is 0.0895. The van der Waals surface area contributed by atoms with Crippen LogP contribution in [0.5, 0.6) is 17.2 Å². The van der Waals surface area contributed by atoms with Gasteiger partial charge in [0.2, 0.25) is 5.91 Å². The van der Waals surface area contributed by atoms with E-state index in [1.807, 2.05) is 77.9 Å². The summed E-state index contributed by atoms with van der Waals surface area (Å²) in [6.45, 7) is 11.3. The Morgan fingerprint density at radius 2 is 1.49 bits per heavy atom. The topological polar surface area (TPSA) is 93.1 Å². The van der Waals surface area contributed by atoms with Gasteiger partial charge in [-0.3, -0.25) is 18.7 Å². The van der Waals surface area contributed by atoms with Crippen LogP contribution in [0.15, 0.2) is 66.7 Å². The number of rotatable bonds is 9. The van der Waals surface area contributed by atoms with E-state index in [0.717, 1.165) is 5.69 Å². The van der Waals surface area contributed by atoms with E-state index in [0.29, 0.717) is 34.1 Å². The first-order chi connectivity index (χ1) is 18.2. The van der Waals surface area contributed by atoms with Crippen molar-refractivity contribution in [1.82, 2.24) is 0 Å². The first-order valence-electron chi connectivity index (χ1n) is 12.7. The molecule has 8 heteroatoms. The number of carbonyl (C=O) groups is 2. The Kier molecular flexibility index (Phi) is 9.22. The summed E-state index contributed by atoms with van der Waals surface area (Å²) in [5.41, 5.74) is 1.89. The van der Waals surface area contributed by atoms with Crippen LogP contribution in [-0.4, -0.2) is 33.0 Å². The Morgan fingerprint density at radius 3 is 2.05 bits per heavy atom. The quantitative estimate of drug-likeness (QED) is 0.312. The number of hydrogen-bond donors (Lipinski definition) is 1. The number of carboxylic acid groups (broad SMARTS) is 1. The number of aliphatic carboxylic acids is 1. The summed E-state index contributed by atoms with van der Waals surface area (Å²) < 4.78 is 24.5. The van der Waals surface area contributed by atoms with Gasteiger partial charge in [0.05, 0.1) is 19.3 Å². The number of anilines is 2. The number of ether oxygens (including phenoxy) is 2. The highest BCUT2D eigenvalue weighted by Gasteiger charge is 2.30. The molecule has 0 aliphatic heterocycles. The number of carboxylic acids is 1. The van der Waals surface area contributed by atoms with Crippen molar-refractivity contribution in [3.05, 3.63) is 77.9 Å². The summed E-state index contributed by atoms with van der Waals surface area (Å²) in [7, 11) is 0.245. The van der Waals surface area contributed by atoms with Gasteiger partial charge in [0.15, 0.2) is 11.5 Å². The summed E-state index contributed by atoms with van der Waals surface area (Å²) in [5.74, 6) is 0.367. The van der Waals surface area contributed by atoms with Gasteiger partial charge in [-0.1, -0.05) is 45.0 Å². The van der Waals surface area contributed by atoms with Gasteiger partial charge >= 0.3 is 5.97 Å². The Morgan fingerprint density at radius 1 is 0.846 bits per heavy atom. The number of nitrogens with zero attached hydrogens (tertiary/aromatic N) is 1. The normalized spacial score (nSPS) is 12.5. The molecule has 0 bridgehead atoms. The largest absolute Gasteiger partial charge is 0.493 e. The summed E-state index contributed by atoms with van der Waals surface area (Å²) in [5, 5.41) is 9.23. The average molecular weight is 552 g/mol. The summed E-state index contributed by atoms with van der Waals surface area (Å²) in [6.07, 6.45) is -0.166. The maximum atomic E-state index is 13.6.